The van der Waals surface area contributed by atoms with E-state index in [1.807, 2.05) is 17.3 Å². The molecule has 3 rings (SSSR count). The summed E-state index contributed by atoms with van der Waals surface area (Å²) in [6, 6.07) is 0.148. The molecular weight excluding hydrogens is 318 g/mol. The molecule has 7 heteroatoms. The summed E-state index contributed by atoms with van der Waals surface area (Å²) in [5.74, 6) is -0.00135. The highest BCUT2D eigenvalue weighted by atomic mass is 16.5. The first-order chi connectivity index (χ1) is 12.2. The van der Waals surface area contributed by atoms with Gasteiger partial charge in [-0.15, -0.1) is 0 Å². The summed E-state index contributed by atoms with van der Waals surface area (Å²) in [6.07, 6.45) is 7.45. The van der Waals surface area contributed by atoms with Crippen molar-refractivity contribution in [3.8, 4) is 0 Å². The van der Waals surface area contributed by atoms with Gasteiger partial charge in [-0.2, -0.15) is 5.10 Å². The summed E-state index contributed by atoms with van der Waals surface area (Å²) >= 11 is 0. The average Bonchev–Trinajstić information content (AvgIpc) is 3.26. The van der Waals surface area contributed by atoms with Crippen molar-refractivity contribution in [1.29, 1.82) is 0 Å². The van der Waals surface area contributed by atoms with Gasteiger partial charge < -0.3 is 9.64 Å². The first kappa shape index (κ1) is 17.8. The van der Waals surface area contributed by atoms with E-state index >= 15 is 0 Å². The Morgan fingerprint density at radius 2 is 2.16 bits per heavy atom. The second-order valence-electron chi connectivity index (χ2n) is 6.50. The van der Waals surface area contributed by atoms with E-state index in [1.54, 1.807) is 17.8 Å². The van der Waals surface area contributed by atoms with Crippen LogP contribution in [0.3, 0.4) is 0 Å². The fourth-order valence-electron chi connectivity index (χ4n) is 3.47. The molecule has 0 bridgehead atoms. The van der Waals surface area contributed by atoms with Crippen LogP contribution in [0.25, 0.3) is 5.65 Å². The fraction of sp³-hybridized carbons (Fsp3) is 0.611. The molecule has 1 aliphatic rings. The third-order valence-electron chi connectivity index (χ3n) is 4.94. The lowest BCUT2D eigenvalue weighted by Crippen LogP contribution is -2.38. The lowest BCUT2D eigenvalue weighted by Gasteiger charge is -2.23. The number of ether oxygens (including phenoxy) is 1. The van der Waals surface area contributed by atoms with E-state index in [9.17, 15) is 4.79 Å². The van der Waals surface area contributed by atoms with Crippen molar-refractivity contribution in [2.75, 3.05) is 33.4 Å². The predicted octanol–water partition coefficient (Wildman–Crippen LogP) is 1.82. The van der Waals surface area contributed by atoms with Gasteiger partial charge in [0.25, 0.3) is 5.91 Å². The molecule has 1 aliphatic heterocycles. The number of methoxy groups -OCH3 is 1. The minimum atomic E-state index is -0.00135. The molecule has 0 radical (unpaired) electrons. The summed E-state index contributed by atoms with van der Waals surface area (Å²) in [7, 11) is 1.68. The van der Waals surface area contributed by atoms with Gasteiger partial charge in [-0.25, -0.2) is 9.50 Å². The van der Waals surface area contributed by atoms with Crippen LogP contribution in [0.1, 0.15) is 42.6 Å². The fourth-order valence-corrected chi connectivity index (χ4v) is 3.47. The molecule has 2 aromatic rings. The second kappa shape index (κ2) is 7.93. The smallest absolute Gasteiger partial charge is 0.259 e. The number of aromatic nitrogens is 3. The number of fused-ring (bicyclic) bond motifs is 1. The van der Waals surface area contributed by atoms with Gasteiger partial charge in [0, 0.05) is 38.2 Å². The second-order valence-corrected chi connectivity index (χ2v) is 6.50. The van der Waals surface area contributed by atoms with Crippen LogP contribution in [0.5, 0.6) is 0 Å². The van der Waals surface area contributed by atoms with Crippen LogP contribution in [-0.2, 0) is 11.3 Å². The molecule has 0 aromatic carbocycles. The zero-order chi connectivity index (χ0) is 17.8. The van der Waals surface area contributed by atoms with Crippen molar-refractivity contribution in [3.63, 3.8) is 0 Å². The molecule has 136 valence electrons. The maximum Gasteiger partial charge on any atom is 0.259 e. The molecule has 0 N–H and O–H groups in total. The summed E-state index contributed by atoms with van der Waals surface area (Å²) in [4.78, 5) is 21.7. The molecule has 1 amide bonds. The number of likely N-dealkylation sites (tertiary alicyclic amines) is 1. The zero-order valence-electron chi connectivity index (χ0n) is 15.3. The van der Waals surface area contributed by atoms with Crippen LogP contribution < -0.4 is 0 Å². The number of hydrogen-bond acceptors (Lipinski definition) is 5. The molecule has 1 saturated heterocycles. The molecular formula is C18H27N5O2. The summed E-state index contributed by atoms with van der Waals surface area (Å²) < 4.78 is 6.97. The molecule has 1 atom stereocenters. The topological polar surface area (TPSA) is 63.0 Å². The summed E-state index contributed by atoms with van der Waals surface area (Å²) in [5, 5.41) is 4.36. The van der Waals surface area contributed by atoms with Crippen molar-refractivity contribution in [2.24, 2.45) is 0 Å². The molecule has 2 aromatic heterocycles. The van der Waals surface area contributed by atoms with Crippen LogP contribution >= 0.6 is 0 Å². The molecule has 7 nitrogen and oxygen atoms in total. The lowest BCUT2D eigenvalue weighted by molar-refractivity contribution is 0.0632. The Morgan fingerprint density at radius 1 is 1.36 bits per heavy atom. The van der Waals surface area contributed by atoms with Gasteiger partial charge in [0.1, 0.15) is 5.56 Å². The first-order valence-corrected chi connectivity index (χ1v) is 9.02. The van der Waals surface area contributed by atoms with Gasteiger partial charge in [0.05, 0.1) is 18.8 Å². The van der Waals surface area contributed by atoms with Crippen molar-refractivity contribution in [2.45, 2.75) is 39.3 Å². The van der Waals surface area contributed by atoms with Crippen LogP contribution in [0.2, 0.25) is 0 Å². The Kier molecular flexibility index (Phi) is 5.65. The van der Waals surface area contributed by atoms with E-state index in [4.69, 9.17) is 4.74 Å². The van der Waals surface area contributed by atoms with Crippen LogP contribution in [-0.4, -0.2) is 69.7 Å². The van der Waals surface area contributed by atoms with Gasteiger partial charge in [-0.1, -0.05) is 13.8 Å². The van der Waals surface area contributed by atoms with Gasteiger partial charge in [0.2, 0.25) is 0 Å². The summed E-state index contributed by atoms with van der Waals surface area (Å²) in [6.45, 7) is 8.46. The summed E-state index contributed by atoms with van der Waals surface area (Å²) in [5.41, 5.74) is 2.28. The minimum absolute atomic E-state index is 0.00135. The molecule has 0 saturated carbocycles. The maximum absolute atomic E-state index is 12.9. The van der Waals surface area contributed by atoms with Crippen molar-refractivity contribution >= 4 is 11.6 Å². The van der Waals surface area contributed by atoms with Crippen molar-refractivity contribution in [3.05, 3.63) is 29.7 Å². The quantitative estimate of drug-likeness (QED) is 0.766. The molecule has 0 unspecified atom stereocenters. The normalized spacial score (nSPS) is 17.8. The third-order valence-corrected chi connectivity index (χ3v) is 4.94. The average molecular weight is 345 g/mol. The first-order valence-electron chi connectivity index (χ1n) is 9.02. The Balaban J connectivity index is 1.82. The lowest BCUT2D eigenvalue weighted by atomic mass is 10.2. The predicted molar refractivity (Wildman–Crippen MR) is 95.5 cm³/mol. The number of carbonyl (C=O) groups is 1. The highest BCUT2D eigenvalue weighted by Gasteiger charge is 2.31. The standard InChI is InChI=1S/C18H27N5O2/c1-4-21(5-2)11-14-9-19-17-16(10-20-23(17)12-14)18(24)22-8-6-7-15(22)13-25-3/h9-10,12,15H,4-8,11,13H2,1-3H3/t15-/m1/s1. The van der Waals surface area contributed by atoms with Crippen LogP contribution in [0, 0.1) is 0 Å². The van der Waals surface area contributed by atoms with Gasteiger partial charge in [0.15, 0.2) is 5.65 Å². The molecule has 3 heterocycles. The van der Waals surface area contributed by atoms with E-state index < -0.39 is 0 Å². The van der Waals surface area contributed by atoms with Gasteiger partial charge >= 0.3 is 0 Å². The number of rotatable bonds is 7. The van der Waals surface area contributed by atoms with Crippen molar-refractivity contribution < 1.29 is 9.53 Å². The van der Waals surface area contributed by atoms with E-state index in [-0.39, 0.29) is 11.9 Å². The Bertz CT molecular complexity index is 725. The highest BCUT2D eigenvalue weighted by molar-refractivity contribution is 5.99. The molecule has 0 aliphatic carbocycles. The molecule has 0 spiro atoms. The third kappa shape index (κ3) is 3.67. The number of carbonyl (C=O) groups excluding carboxylic acids is 1. The SMILES string of the molecule is CCN(CC)Cc1cnc2c(C(=O)N3CCC[C@@H]3COC)cnn2c1. The van der Waals surface area contributed by atoms with Crippen LogP contribution in [0.15, 0.2) is 18.6 Å². The Hall–Kier alpha value is -1.99. The van der Waals surface area contributed by atoms with E-state index in [2.05, 4.69) is 28.8 Å². The number of amides is 1. The van der Waals surface area contributed by atoms with Gasteiger partial charge in [-0.3, -0.25) is 9.69 Å². The molecule has 25 heavy (non-hydrogen) atoms. The van der Waals surface area contributed by atoms with Crippen LogP contribution in [0.4, 0.5) is 0 Å². The zero-order valence-corrected chi connectivity index (χ0v) is 15.3. The van der Waals surface area contributed by atoms with E-state index in [0.717, 1.165) is 44.6 Å². The van der Waals surface area contributed by atoms with E-state index in [1.165, 1.54) is 0 Å². The largest absolute Gasteiger partial charge is 0.383 e. The minimum Gasteiger partial charge on any atom is -0.383 e. The van der Waals surface area contributed by atoms with Crippen molar-refractivity contribution in [1.82, 2.24) is 24.4 Å². The monoisotopic (exact) mass is 345 g/mol. The molecule has 1 fully saturated rings. The number of nitrogens with zero attached hydrogens (tertiary/aromatic N) is 5. The highest BCUT2D eigenvalue weighted by Crippen LogP contribution is 2.22. The Labute approximate surface area is 148 Å². The maximum atomic E-state index is 12.9. The number of hydrogen-bond donors (Lipinski definition) is 0. The Morgan fingerprint density at radius 3 is 2.88 bits per heavy atom. The van der Waals surface area contributed by atoms with E-state index in [0.29, 0.717) is 17.8 Å². The van der Waals surface area contributed by atoms with Gasteiger partial charge in [-0.05, 0) is 25.9 Å².